The molecule has 1 amide bonds. The Kier molecular flexibility index (Phi) is 7.85. The zero-order chi connectivity index (χ0) is 19.9. The number of morpholine rings is 1. The highest BCUT2D eigenvalue weighted by Crippen LogP contribution is 2.25. The summed E-state index contributed by atoms with van der Waals surface area (Å²) >= 11 is 0. The monoisotopic (exact) mass is 382 g/mol. The quantitative estimate of drug-likeness (QED) is 0.463. The summed E-state index contributed by atoms with van der Waals surface area (Å²) < 4.78 is 10.7. The predicted molar refractivity (Wildman–Crippen MR) is 99.5 cm³/mol. The van der Waals surface area contributed by atoms with E-state index in [2.05, 4.69) is 5.32 Å². The van der Waals surface area contributed by atoms with Crippen LogP contribution in [-0.2, 0) is 20.9 Å². The van der Waals surface area contributed by atoms with Crippen molar-refractivity contribution < 1.29 is 29.6 Å². The van der Waals surface area contributed by atoms with Crippen LogP contribution in [0.2, 0.25) is 0 Å². The summed E-state index contributed by atoms with van der Waals surface area (Å²) in [7, 11) is 0. The summed E-state index contributed by atoms with van der Waals surface area (Å²) in [6.45, 7) is 6.88. The number of hydrogen-bond donors (Lipinski definition) is 4. The fourth-order valence-electron chi connectivity index (χ4n) is 2.79. The van der Waals surface area contributed by atoms with Gasteiger partial charge in [0.2, 0.25) is 5.91 Å². The average Bonchev–Trinajstić information content (AvgIpc) is 2.63. The van der Waals surface area contributed by atoms with Gasteiger partial charge < -0.3 is 35.0 Å². The maximum Gasteiger partial charge on any atom is 0.224 e. The van der Waals surface area contributed by atoms with Gasteiger partial charge in [0.1, 0.15) is 0 Å². The number of ether oxygens (including phenoxy) is 2. The summed E-state index contributed by atoms with van der Waals surface area (Å²) in [6.07, 6.45) is -0.388. The van der Waals surface area contributed by atoms with Crippen LogP contribution < -0.4 is 5.32 Å². The summed E-state index contributed by atoms with van der Waals surface area (Å²) in [5.74, 6) is -0.310. The van der Waals surface area contributed by atoms with E-state index < -0.39 is 11.6 Å². The molecule has 1 heterocycles. The minimum Gasteiger partial charge on any atom is -0.504 e. The highest BCUT2D eigenvalue weighted by atomic mass is 16.5. The first kappa shape index (κ1) is 21.4. The maximum atomic E-state index is 12.3. The van der Waals surface area contributed by atoms with E-state index in [0.717, 1.165) is 0 Å². The number of phenolic OH excluding ortho intramolecular Hbond substituents is 2. The van der Waals surface area contributed by atoms with Crippen LogP contribution in [0.25, 0.3) is 0 Å². The molecule has 0 radical (unpaired) electrons. The van der Waals surface area contributed by atoms with Crippen molar-refractivity contribution in [1.29, 1.82) is 0 Å². The average molecular weight is 382 g/mol. The van der Waals surface area contributed by atoms with Gasteiger partial charge in [-0.2, -0.15) is 0 Å². The molecule has 4 N–H and O–H groups in total. The van der Waals surface area contributed by atoms with E-state index in [1.807, 2.05) is 13.8 Å². The van der Waals surface area contributed by atoms with E-state index in [9.17, 15) is 20.1 Å². The van der Waals surface area contributed by atoms with E-state index in [1.165, 1.54) is 12.1 Å². The molecule has 27 heavy (non-hydrogen) atoms. The highest BCUT2D eigenvalue weighted by Gasteiger charge is 2.26. The number of amides is 1. The Bertz CT molecular complexity index is 616. The van der Waals surface area contributed by atoms with Crippen LogP contribution in [0, 0.1) is 0 Å². The second-order valence-electron chi connectivity index (χ2n) is 7.43. The molecule has 1 atom stereocenters. The first-order chi connectivity index (χ1) is 12.8. The molecule has 0 spiro atoms. The zero-order valence-corrected chi connectivity index (χ0v) is 16.0. The second-order valence-corrected chi connectivity index (χ2v) is 7.43. The number of nitrogens with zero attached hydrogens (tertiary/aromatic N) is 1. The highest BCUT2D eigenvalue weighted by molar-refractivity contribution is 5.77. The van der Waals surface area contributed by atoms with Crippen molar-refractivity contribution in [3.05, 3.63) is 23.8 Å². The van der Waals surface area contributed by atoms with Crippen LogP contribution in [-0.4, -0.2) is 77.2 Å². The van der Waals surface area contributed by atoms with E-state index in [0.29, 0.717) is 44.8 Å². The maximum absolute atomic E-state index is 12.3. The van der Waals surface area contributed by atoms with Crippen molar-refractivity contribution in [2.75, 3.05) is 39.5 Å². The lowest BCUT2D eigenvalue weighted by Gasteiger charge is -2.32. The molecule has 1 aromatic carbocycles. The van der Waals surface area contributed by atoms with Crippen molar-refractivity contribution >= 4 is 5.91 Å². The number of hydrogen-bond acceptors (Lipinski definition) is 7. The fraction of sp³-hybridized carbons (Fsp3) is 0.632. The lowest BCUT2D eigenvalue weighted by Crippen LogP contribution is -2.49. The molecule has 1 fully saturated rings. The van der Waals surface area contributed by atoms with E-state index in [1.54, 1.807) is 11.0 Å². The molecule has 1 saturated heterocycles. The molecule has 8 nitrogen and oxygen atoms in total. The largest absolute Gasteiger partial charge is 0.504 e. The number of carbonyl (C=O) groups excluding carboxylic acids is 1. The third-order valence-electron chi connectivity index (χ3n) is 4.39. The van der Waals surface area contributed by atoms with E-state index >= 15 is 0 Å². The Morgan fingerprint density at radius 1 is 1.30 bits per heavy atom. The first-order valence-electron chi connectivity index (χ1n) is 9.14. The molecule has 1 unspecified atom stereocenters. The first-order valence-corrected chi connectivity index (χ1v) is 9.14. The van der Waals surface area contributed by atoms with Crippen molar-refractivity contribution in [3.63, 3.8) is 0 Å². The Hall–Kier alpha value is -1.87. The van der Waals surface area contributed by atoms with Gasteiger partial charge in [0, 0.05) is 31.6 Å². The normalized spacial score (nSPS) is 16.3. The predicted octanol–water partition coefficient (Wildman–Crippen LogP) is 0.592. The molecular weight excluding hydrogens is 352 g/mol. The van der Waals surface area contributed by atoms with Crippen LogP contribution in [0.4, 0.5) is 0 Å². The Labute approximate surface area is 159 Å². The third kappa shape index (κ3) is 7.34. The lowest BCUT2D eigenvalue weighted by molar-refractivity contribution is -0.136. The molecule has 0 saturated carbocycles. The summed E-state index contributed by atoms with van der Waals surface area (Å²) in [4.78, 5) is 14.1. The van der Waals surface area contributed by atoms with Gasteiger partial charge in [0.05, 0.1) is 32.5 Å². The molecule has 2 rings (SSSR count). The van der Waals surface area contributed by atoms with Crippen LogP contribution in [0.1, 0.15) is 25.8 Å². The van der Waals surface area contributed by atoms with Crippen molar-refractivity contribution in [1.82, 2.24) is 10.2 Å². The summed E-state index contributed by atoms with van der Waals surface area (Å²) in [5.41, 5.74) is 0.251. The van der Waals surface area contributed by atoms with Gasteiger partial charge in [0.25, 0.3) is 0 Å². The SMILES string of the molecule is CC(C)(CC(=O)N1CCOCC1)NCC(O)COCc1ccc(O)c(O)c1. The molecule has 0 aromatic heterocycles. The number of aliphatic hydroxyl groups excluding tert-OH is 1. The number of nitrogens with one attached hydrogen (secondary N) is 1. The van der Waals surface area contributed by atoms with Gasteiger partial charge in [-0.3, -0.25) is 4.79 Å². The minimum atomic E-state index is -0.728. The van der Waals surface area contributed by atoms with Gasteiger partial charge in [0.15, 0.2) is 11.5 Å². The molecule has 8 heteroatoms. The number of phenols is 2. The number of aliphatic hydroxyl groups is 1. The number of aromatic hydroxyl groups is 2. The standard InChI is InChI=1S/C19H30N2O6/c1-19(2,10-18(25)21-5-7-26-8-6-21)20-11-15(22)13-27-12-14-3-4-16(23)17(24)9-14/h3-4,9,15,20,22-24H,5-8,10-13H2,1-2H3. The molecule has 0 bridgehead atoms. The van der Waals surface area contributed by atoms with Gasteiger partial charge in [-0.05, 0) is 31.5 Å². The van der Waals surface area contributed by atoms with Crippen LogP contribution in [0.15, 0.2) is 18.2 Å². The number of carbonyl (C=O) groups is 1. The molecule has 1 aromatic rings. The van der Waals surface area contributed by atoms with E-state index in [-0.39, 0.29) is 30.6 Å². The Morgan fingerprint density at radius 3 is 2.67 bits per heavy atom. The van der Waals surface area contributed by atoms with E-state index in [4.69, 9.17) is 9.47 Å². The van der Waals surface area contributed by atoms with Gasteiger partial charge in [-0.15, -0.1) is 0 Å². The van der Waals surface area contributed by atoms with Gasteiger partial charge in [-0.25, -0.2) is 0 Å². The second kappa shape index (κ2) is 9.89. The summed E-state index contributed by atoms with van der Waals surface area (Å²) in [5, 5.41) is 32.0. The topological polar surface area (TPSA) is 111 Å². The molecule has 1 aliphatic rings. The van der Waals surface area contributed by atoms with Crippen LogP contribution in [0.5, 0.6) is 11.5 Å². The van der Waals surface area contributed by atoms with Crippen molar-refractivity contribution in [3.8, 4) is 11.5 Å². The molecule has 1 aliphatic heterocycles. The third-order valence-corrected chi connectivity index (χ3v) is 4.39. The zero-order valence-electron chi connectivity index (χ0n) is 16.0. The van der Waals surface area contributed by atoms with Crippen LogP contribution in [0.3, 0.4) is 0 Å². The Balaban J connectivity index is 1.67. The molecule has 152 valence electrons. The van der Waals surface area contributed by atoms with Crippen molar-refractivity contribution in [2.45, 2.75) is 38.5 Å². The Morgan fingerprint density at radius 2 is 2.00 bits per heavy atom. The van der Waals surface area contributed by atoms with Gasteiger partial charge in [-0.1, -0.05) is 6.07 Å². The fourth-order valence-corrected chi connectivity index (χ4v) is 2.79. The number of rotatable bonds is 9. The molecule has 0 aliphatic carbocycles. The van der Waals surface area contributed by atoms with Gasteiger partial charge >= 0.3 is 0 Å². The van der Waals surface area contributed by atoms with Crippen LogP contribution >= 0.6 is 0 Å². The smallest absolute Gasteiger partial charge is 0.224 e. The summed E-state index contributed by atoms with van der Waals surface area (Å²) in [6, 6.07) is 4.44. The lowest BCUT2D eigenvalue weighted by atomic mass is 9.99. The van der Waals surface area contributed by atoms with Crippen molar-refractivity contribution in [2.24, 2.45) is 0 Å². The number of β-amino-alcohol motifs (C(OH)–C–C–N with tert-alkyl or cyclic N) is 1. The molecular formula is C19H30N2O6. The number of benzene rings is 1. The minimum absolute atomic E-state index is 0.0775.